The molecule has 0 heterocycles. The standard InChI is InChI=1S/C13H19ClO2/c1-10-5-6-13(16-2)11(8-10)9-12(15)4-3-7-14/h5-6,8,12,15H,3-4,7,9H2,1-2H3. The Morgan fingerprint density at radius 1 is 1.44 bits per heavy atom. The molecule has 1 N–H and O–H groups in total. The maximum Gasteiger partial charge on any atom is 0.122 e. The van der Waals surface area contributed by atoms with Crippen molar-refractivity contribution in [2.24, 2.45) is 0 Å². The first-order valence-corrected chi connectivity index (χ1v) is 6.08. The minimum atomic E-state index is -0.338. The first-order chi connectivity index (χ1) is 7.67. The largest absolute Gasteiger partial charge is 0.496 e. The molecule has 1 atom stereocenters. The van der Waals surface area contributed by atoms with Gasteiger partial charge in [0.2, 0.25) is 0 Å². The average Bonchev–Trinajstić information content (AvgIpc) is 2.27. The van der Waals surface area contributed by atoms with Gasteiger partial charge in [-0.2, -0.15) is 0 Å². The van der Waals surface area contributed by atoms with Crippen LogP contribution in [0, 0.1) is 6.92 Å². The van der Waals surface area contributed by atoms with Crippen molar-refractivity contribution in [3.8, 4) is 5.75 Å². The third-order valence-corrected chi connectivity index (χ3v) is 2.83. The Morgan fingerprint density at radius 3 is 2.81 bits per heavy atom. The molecule has 0 radical (unpaired) electrons. The maximum atomic E-state index is 9.83. The average molecular weight is 243 g/mol. The molecule has 2 nitrogen and oxygen atoms in total. The highest BCUT2D eigenvalue weighted by Crippen LogP contribution is 2.22. The summed E-state index contributed by atoms with van der Waals surface area (Å²) in [5.74, 6) is 1.44. The number of benzene rings is 1. The van der Waals surface area contributed by atoms with Crippen LogP contribution in [0.3, 0.4) is 0 Å². The predicted molar refractivity (Wildman–Crippen MR) is 67.4 cm³/mol. The van der Waals surface area contributed by atoms with Crippen LogP contribution in [-0.4, -0.2) is 24.2 Å². The molecule has 90 valence electrons. The minimum absolute atomic E-state index is 0.338. The van der Waals surface area contributed by atoms with Gasteiger partial charge in [0.25, 0.3) is 0 Å². The lowest BCUT2D eigenvalue weighted by atomic mass is 10.0. The summed E-state index contributed by atoms with van der Waals surface area (Å²) in [4.78, 5) is 0. The second-order valence-electron chi connectivity index (χ2n) is 4.00. The number of rotatable bonds is 6. The van der Waals surface area contributed by atoms with E-state index in [9.17, 15) is 5.11 Å². The molecule has 0 saturated heterocycles. The highest BCUT2D eigenvalue weighted by molar-refractivity contribution is 6.17. The molecule has 3 heteroatoms. The van der Waals surface area contributed by atoms with E-state index in [0.29, 0.717) is 12.3 Å². The van der Waals surface area contributed by atoms with Crippen molar-refractivity contribution in [2.45, 2.75) is 32.3 Å². The summed E-state index contributed by atoms with van der Waals surface area (Å²) in [6, 6.07) is 6.01. The van der Waals surface area contributed by atoms with Crippen molar-refractivity contribution in [3.05, 3.63) is 29.3 Å². The summed E-state index contributed by atoms with van der Waals surface area (Å²) < 4.78 is 5.27. The molecule has 1 unspecified atom stereocenters. The first-order valence-electron chi connectivity index (χ1n) is 5.55. The number of halogens is 1. The molecule has 0 fully saturated rings. The molecule has 0 amide bonds. The number of aryl methyl sites for hydroxylation is 1. The zero-order valence-electron chi connectivity index (χ0n) is 9.87. The van der Waals surface area contributed by atoms with E-state index in [1.807, 2.05) is 19.1 Å². The zero-order chi connectivity index (χ0) is 12.0. The van der Waals surface area contributed by atoms with Crippen molar-refractivity contribution in [2.75, 3.05) is 13.0 Å². The molecule has 16 heavy (non-hydrogen) atoms. The van der Waals surface area contributed by atoms with E-state index in [-0.39, 0.29) is 6.10 Å². The Bertz CT molecular complexity index is 326. The van der Waals surface area contributed by atoms with E-state index in [4.69, 9.17) is 16.3 Å². The smallest absolute Gasteiger partial charge is 0.122 e. The number of ether oxygens (including phenoxy) is 1. The Morgan fingerprint density at radius 2 is 2.19 bits per heavy atom. The summed E-state index contributed by atoms with van der Waals surface area (Å²) in [6.45, 7) is 2.04. The molecule has 1 aromatic rings. The van der Waals surface area contributed by atoms with Crippen LogP contribution in [0.4, 0.5) is 0 Å². The molecular weight excluding hydrogens is 224 g/mol. The van der Waals surface area contributed by atoms with Crippen molar-refractivity contribution < 1.29 is 9.84 Å². The Kier molecular flexibility index (Phi) is 5.64. The van der Waals surface area contributed by atoms with E-state index in [0.717, 1.165) is 24.2 Å². The second kappa shape index (κ2) is 6.77. The molecule has 0 bridgehead atoms. The minimum Gasteiger partial charge on any atom is -0.496 e. The Labute approximate surface area is 102 Å². The molecule has 1 rings (SSSR count). The van der Waals surface area contributed by atoms with Crippen LogP contribution in [0.25, 0.3) is 0 Å². The van der Waals surface area contributed by atoms with E-state index in [1.165, 1.54) is 5.56 Å². The lowest BCUT2D eigenvalue weighted by Gasteiger charge is -2.13. The van der Waals surface area contributed by atoms with Gasteiger partial charge in [-0.25, -0.2) is 0 Å². The number of aliphatic hydroxyl groups excluding tert-OH is 1. The maximum absolute atomic E-state index is 9.83. The monoisotopic (exact) mass is 242 g/mol. The van der Waals surface area contributed by atoms with Gasteiger partial charge in [0.1, 0.15) is 5.75 Å². The number of methoxy groups -OCH3 is 1. The van der Waals surface area contributed by atoms with Crippen molar-refractivity contribution in [1.29, 1.82) is 0 Å². The van der Waals surface area contributed by atoms with Crippen LogP contribution in [0.2, 0.25) is 0 Å². The van der Waals surface area contributed by atoms with Gasteiger partial charge < -0.3 is 9.84 Å². The van der Waals surface area contributed by atoms with Crippen molar-refractivity contribution >= 4 is 11.6 Å². The summed E-state index contributed by atoms with van der Waals surface area (Å²) in [7, 11) is 1.65. The molecular formula is C13H19ClO2. The van der Waals surface area contributed by atoms with Gasteiger partial charge in [-0.15, -0.1) is 11.6 Å². The van der Waals surface area contributed by atoms with E-state index >= 15 is 0 Å². The van der Waals surface area contributed by atoms with Gasteiger partial charge in [0, 0.05) is 12.3 Å². The van der Waals surface area contributed by atoms with Crippen LogP contribution >= 0.6 is 11.6 Å². The third kappa shape index (κ3) is 4.03. The Balaban J connectivity index is 2.67. The fraction of sp³-hybridized carbons (Fsp3) is 0.538. The van der Waals surface area contributed by atoms with Gasteiger partial charge in [0.05, 0.1) is 13.2 Å². The number of hydrogen-bond donors (Lipinski definition) is 1. The van der Waals surface area contributed by atoms with E-state index in [1.54, 1.807) is 7.11 Å². The summed E-state index contributed by atoms with van der Waals surface area (Å²) in [5, 5.41) is 9.83. The molecule has 1 aromatic carbocycles. The highest BCUT2D eigenvalue weighted by Gasteiger charge is 2.09. The fourth-order valence-electron chi connectivity index (χ4n) is 1.74. The first kappa shape index (κ1) is 13.3. The predicted octanol–water partition coefficient (Wildman–Crippen LogP) is 2.93. The SMILES string of the molecule is COc1ccc(C)cc1CC(O)CCCCl. The van der Waals surface area contributed by atoms with E-state index in [2.05, 4.69) is 6.07 Å². The molecule has 0 aliphatic rings. The number of aliphatic hydroxyl groups is 1. The number of hydrogen-bond acceptors (Lipinski definition) is 2. The van der Waals surface area contributed by atoms with Gasteiger partial charge in [-0.3, -0.25) is 0 Å². The quantitative estimate of drug-likeness (QED) is 0.778. The zero-order valence-corrected chi connectivity index (χ0v) is 10.6. The summed E-state index contributed by atoms with van der Waals surface area (Å²) >= 11 is 5.60. The second-order valence-corrected chi connectivity index (χ2v) is 4.38. The third-order valence-electron chi connectivity index (χ3n) is 2.56. The lowest BCUT2D eigenvalue weighted by Crippen LogP contribution is -2.11. The van der Waals surface area contributed by atoms with Crippen LogP contribution in [0.15, 0.2) is 18.2 Å². The summed E-state index contributed by atoms with van der Waals surface area (Å²) in [6.07, 6.45) is 1.87. The van der Waals surface area contributed by atoms with Crippen molar-refractivity contribution in [3.63, 3.8) is 0 Å². The lowest BCUT2D eigenvalue weighted by molar-refractivity contribution is 0.163. The van der Waals surface area contributed by atoms with Crippen LogP contribution < -0.4 is 4.74 Å². The fourth-order valence-corrected chi connectivity index (χ4v) is 1.89. The summed E-state index contributed by atoms with van der Waals surface area (Å²) in [5.41, 5.74) is 2.24. The molecule has 0 aliphatic heterocycles. The van der Waals surface area contributed by atoms with Crippen LogP contribution in [0.1, 0.15) is 24.0 Å². The van der Waals surface area contributed by atoms with Gasteiger partial charge >= 0.3 is 0 Å². The number of alkyl halides is 1. The van der Waals surface area contributed by atoms with Crippen LogP contribution in [-0.2, 0) is 6.42 Å². The Hall–Kier alpha value is -0.730. The van der Waals surface area contributed by atoms with Gasteiger partial charge in [0.15, 0.2) is 0 Å². The molecule has 0 aliphatic carbocycles. The van der Waals surface area contributed by atoms with E-state index < -0.39 is 0 Å². The van der Waals surface area contributed by atoms with Crippen LogP contribution in [0.5, 0.6) is 5.75 Å². The normalized spacial score (nSPS) is 12.5. The van der Waals surface area contributed by atoms with Gasteiger partial charge in [-0.05, 0) is 31.4 Å². The molecule has 0 aromatic heterocycles. The van der Waals surface area contributed by atoms with Gasteiger partial charge in [-0.1, -0.05) is 17.7 Å². The molecule has 0 spiro atoms. The molecule has 0 saturated carbocycles. The topological polar surface area (TPSA) is 29.5 Å². The highest BCUT2D eigenvalue weighted by atomic mass is 35.5. The van der Waals surface area contributed by atoms with Crippen molar-refractivity contribution in [1.82, 2.24) is 0 Å².